The molecule has 2 aromatic carbocycles. The van der Waals surface area contributed by atoms with Crippen LogP contribution in [0, 0.1) is 0 Å². The molecule has 1 N–H and O–H groups in total. The summed E-state index contributed by atoms with van der Waals surface area (Å²) in [5.74, 6) is -0.114. The molecule has 7 heteroatoms. The molecule has 1 aliphatic heterocycles. The first-order valence-electron chi connectivity index (χ1n) is 8.58. The van der Waals surface area contributed by atoms with E-state index in [2.05, 4.69) is 9.62 Å². The maximum atomic E-state index is 12.4. The fraction of sp³-hybridized carbons (Fsp3) is 0.368. The molecule has 1 aliphatic rings. The monoisotopic (exact) mass is 394 g/mol. The Labute approximate surface area is 160 Å². The summed E-state index contributed by atoms with van der Waals surface area (Å²) in [5, 5.41) is 0.526. The van der Waals surface area contributed by atoms with Crippen molar-refractivity contribution in [2.45, 2.75) is 24.7 Å². The number of nitrogens with zero attached hydrogens (tertiary/aromatic N) is 1. The zero-order valence-corrected chi connectivity index (χ0v) is 16.3. The maximum Gasteiger partial charge on any atom is 0.236 e. The standard InChI is InChI=1S/C19H23ClN2O3S/c1-25-19-6-3-11-22(13-19)18-9-7-17(8-10-18)21-26(23,24)14-15-4-2-5-16(20)12-15/h2,4-5,7-10,12,19,21H,3,6,11,13-14H2,1H3/t19-/m0/s1. The minimum atomic E-state index is -3.50. The average Bonchev–Trinajstić information content (AvgIpc) is 2.61. The number of methoxy groups -OCH3 is 1. The van der Waals surface area contributed by atoms with Crippen LogP contribution >= 0.6 is 11.6 Å². The molecule has 5 nitrogen and oxygen atoms in total. The van der Waals surface area contributed by atoms with Crippen molar-refractivity contribution in [3.63, 3.8) is 0 Å². The van der Waals surface area contributed by atoms with Crippen LogP contribution in [0.3, 0.4) is 0 Å². The van der Waals surface area contributed by atoms with Gasteiger partial charge in [0.05, 0.1) is 11.9 Å². The predicted octanol–water partition coefficient (Wildman–Crippen LogP) is 3.90. The summed E-state index contributed by atoms with van der Waals surface area (Å²) in [4.78, 5) is 2.27. The van der Waals surface area contributed by atoms with Gasteiger partial charge < -0.3 is 9.64 Å². The van der Waals surface area contributed by atoms with Crippen molar-refractivity contribution in [1.82, 2.24) is 0 Å². The van der Waals surface area contributed by atoms with E-state index >= 15 is 0 Å². The molecule has 1 saturated heterocycles. The second-order valence-corrected chi connectivity index (χ2v) is 8.64. The Bertz CT molecular complexity index is 840. The lowest BCUT2D eigenvalue weighted by Crippen LogP contribution is -2.39. The number of sulfonamides is 1. The number of nitrogens with one attached hydrogen (secondary N) is 1. The number of benzene rings is 2. The molecule has 0 aromatic heterocycles. The van der Waals surface area contributed by atoms with E-state index < -0.39 is 10.0 Å². The third kappa shape index (κ3) is 5.13. The molecule has 26 heavy (non-hydrogen) atoms. The largest absolute Gasteiger partial charge is 0.380 e. The summed E-state index contributed by atoms with van der Waals surface area (Å²) in [6.45, 7) is 1.84. The van der Waals surface area contributed by atoms with E-state index in [1.165, 1.54) is 0 Å². The zero-order chi connectivity index (χ0) is 18.6. The third-order valence-electron chi connectivity index (χ3n) is 4.46. The molecule has 0 spiro atoms. The first kappa shape index (κ1) is 19.0. The van der Waals surface area contributed by atoms with E-state index in [-0.39, 0.29) is 11.9 Å². The predicted molar refractivity (Wildman–Crippen MR) is 106 cm³/mol. The average molecular weight is 395 g/mol. The SMILES string of the molecule is CO[C@H]1CCCN(c2ccc(NS(=O)(=O)Cc3cccc(Cl)c3)cc2)C1. The molecule has 1 atom stereocenters. The maximum absolute atomic E-state index is 12.4. The van der Waals surface area contributed by atoms with Crippen LogP contribution in [0.4, 0.5) is 11.4 Å². The molecule has 140 valence electrons. The summed E-state index contributed by atoms with van der Waals surface area (Å²) in [5.41, 5.74) is 2.28. The van der Waals surface area contributed by atoms with E-state index in [0.29, 0.717) is 16.3 Å². The van der Waals surface area contributed by atoms with Gasteiger partial charge in [-0.05, 0) is 54.8 Å². The smallest absolute Gasteiger partial charge is 0.236 e. The van der Waals surface area contributed by atoms with Crippen LogP contribution < -0.4 is 9.62 Å². The summed E-state index contributed by atoms with van der Waals surface area (Å²) >= 11 is 5.92. The van der Waals surface area contributed by atoms with Gasteiger partial charge >= 0.3 is 0 Å². The van der Waals surface area contributed by atoms with Crippen molar-refractivity contribution >= 4 is 33.0 Å². The number of piperidine rings is 1. The van der Waals surface area contributed by atoms with Crippen molar-refractivity contribution in [3.05, 3.63) is 59.1 Å². The Morgan fingerprint density at radius 3 is 2.69 bits per heavy atom. The highest BCUT2D eigenvalue weighted by atomic mass is 35.5. The van der Waals surface area contributed by atoms with Crippen molar-refractivity contribution < 1.29 is 13.2 Å². The Balaban J connectivity index is 1.65. The first-order chi connectivity index (χ1) is 12.4. The fourth-order valence-electron chi connectivity index (χ4n) is 3.17. The van der Waals surface area contributed by atoms with Crippen LogP contribution in [0.15, 0.2) is 48.5 Å². The molecule has 1 fully saturated rings. The van der Waals surface area contributed by atoms with Gasteiger partial charge in [0.1, 0.15) is 0 Å². The molecule has 0 aliphatic carbocycles. The van der Waals surface area contributed by atoms with E-state index in [0.717, 1.165) is 31.6 Å². The number of hydrogen-bond acceptors (Lipinski definition) is 4. The molecule has 0 amide bonds. The van der Waals surface area contributed by atoms with Crippen molar-refractivity contribution in [2.24, 2.45) is 0 Å². The van der Waals surface area contributed by atoms with E-state index in [9.17, 15) is 8.42 Å². The molecule has 0 saturated carbocycles. The van der Waals surface area contributed by atoms with Crippen molar-refractivity contribution in [1.29, 1.82) is 0 Å². The highest BCUT2D eigenvalue weighted by molar-refractivity contribution is 7.91. The quantitative estimate of drug-likeness (QED) is 0.807. The highest BCUT2D eigenvalue weighted by Gasteiger charge is 2.20. The van der Waals surface area contributed by atoms with Crippen LogP contribution in [0.5, 0.6) is 0 Å². The molecule has 1 heterocycles. The summed E-state index contributed by atoms with van der Waals surface area (Å²) in [7, 11) is -1.76. The lowest BCUT2D eigenvalue weighted by atomic mass is 10.1. The molecular formula is C19H23ClN2O3S. The molecule has 2 aromatic rings. The van der Waals surface area contributed by atoms with E-state index in [4.69, 9.17) is 16.3 Å². The molecule has 0 bridgehead atoms. The van der Waals surface area contributed by atoms with Gasteiger partial charge in [-0.15, -0.1) is 0 Å². The van der Waals surface area contributed by atoms with Crippen LogP contribution in [-0.4, -0.2) is 34.7 Å². The Hall–Kier alpha value is -1.76. The highest BCUT2D eigenvalue weighted by Crippen LogP contribution is 2.24. The minimum Gasteiger partial charge on any atom is -0.380 e. The van der Waals surface area contributed by atoms with Gasteiger partial charge in [-0.25, -0.2) is 8.42 Å². The Kier molecular flexibility index (Phi) is 6.06. The van der Waals surface area contributed by atoms with Crippen molar-refractivity contribution in [3.8, 4) is 0 Å². The molecule has 0 unspecified atom stereocenters. The lowest BCUT2D eigenvalue weighted by Gasteiger charge is -2.33. The second-order valence-electron chi connectivity index (χ2n) is 6.48. The summed E-state index contributed by atoms with van der Waals surface area (Å²) in [6, 6.07) is 14.3. The number of anilines is 2. The van der Waals surface area contributed by atoms with Crippen LogP contribution in [0.25, 0.3) is 0 Å². The van der Waals surface area contributed by atoms with E-state index in [1.54, 1.807) is 43.5 Å². The van der Waals surface area contributed by atoms with Gasteiger partial charge in [0, 0.05) is 36.6 Å². The number of rotatable bonds is 6. The molecule has 0 radical (unpaired) electrons. The zero-order valence-electron chi connectivity index (χ0n) is 14.7. The van der Waals surface area contributed by atoms with Gasteiger partial charge in [-0.1, -0.05) is 23.7 Å². The minimum absolute atomic E-state index is 0.114. The second kappa shape index (κ2) is 8.29. The van der Waals surface area contributed by atoms with Gasteiger partial charge in [0.2, 0.25) is 10.0 Å². The number of hydrogen-bond donors (Lipinski definition) is 1. The van der Waals surface area contributed by atoms with Crippen LogP contribution in [0.2, 0.25) is 5.02 Å². The van der Waals surface area contributed by atoms with E-state index in [1.807, 2.05) is 12.1 Å². The van der Waals surface area contributed by atoms with Crippen LogP contribution in [0.1, 0.15) is 18.4 Å². The van der Waals surface area contributed by atoms with Crippen molar-refractivity contribution in [2.75, 3.05) is 29.8 Å². The molecular weight excluding hydrogens is 372 g/mol. The normalized spacial score (nSPS) is 17.9. The number of halogens is 1. The molecule has 3 rings (SSSR count). The van der Waals surface area contributed by atoms with Gasteiger partial charge in [0.15, 0.2) is 0 Å². The third-order valence-corrected chi connectivity index (χ3v) is 5.96. The first-order valence-corrected chi connectivity index (χ1v) is 10.6. The Morgan fingerprint density at radius 2 is 2.00 bits per heavy atom. The van der Waals surface area contributed by atoms with Gasteiger partial charge in [0.25, 0.3) is 0 Å². The number of ether oxygens (including phenoxy) is 1. The summed E-state index contributed by atoms with van der Waals surface area (Å²) in [6.07, 6.45) is 2.42. The fourth-order valence-corrected chi connectivity index (χ4v) is 4.57. The van der Waals surface area contributed by atoms with Gasteiger partial charge in [-0.2, -0.15) is 0 Å². The Morgan fingerprint density at radius 1 is 1.23 bits per heavy atom. The topological polar surface area (TPSA) is 58.6 Å². The van der Waals surface area contributed by atoms with Crippen LogP contribution in [-0.2, 0) is 20.5 Å². The van der Waals surface area contributed by atoms with Gasteiger partial charge in [-0.3, -0.25) is 4.72 Å². The lowest BCUT2D eigenvalue weighted by molar-refractivity contribution is 0.0893. The summed E-state index contributed by atoms with van der Waals surface area (Å²) < 4.78 is 32.8.